The molecule has 0 aliphatic carbocycles. The minimum absolute atomic E-state index is 0.247. The van der Waals surface area contributed by atoms with Crippen LogP contribution in [0.3, 0.4) is 0 Å². The molecular formula is C29H43N3O5S. The van der Waals surface area contributed by atoms with Crippen molar-refractivity contribution in [1.29, 1.82) is 0 Å². The Kier molecular flexibility index (Phi) is 11.5. The molecule has 9 heteroatoms. The third-order valence-electron chi connectivity index (χ3n) is 5.50. The summed E-state index contributed by atoms with van der Waals surface area (Å²) in [5.41, 5.74) is 0.668. The van der Waals surface area contributed by atoms with Crippen LogP contribution in [0.15, 0.2) is 65.1 Å². The largest absolute Gasteiger partial charge is 0.444 e. The predicted octanol–water partition coefficient (Wildman–Crippen LogP) is 5.74. The summed E-state index contributed by atoms with van der Waals surface area (Å²) >= 11 is 0. The molecule has 0 bridgehead atoms. The normalized spacial score (nSPS) is 14.3. The Morgan fingerprint density at radius 2 is 1.53 bits per heavy atom. The Bertz CT molecular complexity index is 1120. The van der Waals surface area contributed by atoms with Crippen molar-refractivity contribution in [3.05, 3.63) is 71.8 Å². The van der Waals surface area contributed by atoms with Crippen molar-refractivity contribution in [2.75, 3.05) is 6.61 Å². The quantitative estimate of drug-likeness (QED) is 0.343. The van der Waals surface area contributed by atoms with Gasteiger partial charge in [-0.1, -0.05) is 60.7 Å². The Balaban J connectivity index is 2.28. The Morgan fingerprint density at radius 3 is 2.05 bits per heavy atom. The van der Waals surface area contributed by atoms with Gasteiger partial charge in [-0.15, -0.1) is 0 Å². The second-order valence-corrected chi connectivity index (χ2v) is 12.8. The summed E-state index contributed by atoms with van der Waals surface area (Å²) in [6, 6.07) is 19.1. The van der Waals surface area contributed by atoms with Gasteiger partial charge in [-0.2, -0.15) is 17.5 Å². The molecule has 2 aromatic carbocycles. The van der Waals surface area contributed by atoms with Gasteiger partial charge >= 0.3 is 16.3 Å². The van der Waals surface area contributed by atoms with Crippen LogP contribution in [0, 0.1) is 5.92 Å². The number of rotatable bonds is 12. The summed E-state index contributed by atoms with van der Waals surface area (Å²) in [5.74, 6) is -0.247. The van der Waals surface area contributed by atoms with E-state index in [-0.39, 0.29) is 18.4 Å². The van der Waals surface area contributed by atoms with Gasteiger partial charge in [-0.3, -0.25) is 0 Å². The van der Waals surface area contributed by atoms with Crippen LogP contribution in [0.5, 0.6) is 0 Å². The highest BCUT2D eigenvalue weighted by Gasteiger charge is 2.31. The van der Waals surface area contributed by atoms with Crippen molar-refractivity contribution < 1.29 is 22.7 Å². The molecule has 38 heavy (non-hydrogen) atoms. The zero-order chi connectivity index (χ0) is 28.4. The van der Waals surface area contributed by atoms with Crippen LogP contribution in [-0.4, -0.2) is 49.4 Å². The smallest absolute Gasteiger partial charge is 0.410 e. The fourth-order valence-electron chi connectivity index (χ4n) is 3.73. The Labute approximate surface area is 228 Å². The summed E-state index contributed by atoms with van der Waals surface area (Å²) < 4.78 is 42.9. The molecular weight excluding hydrogens is 502 g/mol. The summed E-state index contributed by atoms with van der Waals surface area (Å²) in [4.78, 5) is 15.0. The summed E-state index contributed by atoms with van der Waals surface area (Å²) in [6.45, 7) is 13.7. The number of carbonyl (C=O) groups excluding carboxylic acids is 1. The Hall–Kier alpha value is -2.75. The van der Waals surface area contributed by atoms with E-state index in [0.29, 0.717) is 19.8 Å². The number of nitrogens with one attached hydrogen (secondary N) is 1. The van der Waals surface area contributed by atoms with Crippen molar-refractivity contribution in [2.45, 2.75) is 85.2 Å². The van der Waals surface area contributed by atoms with Crippen LogP contribution in [0.4, 0.5) is 4.79 Å². The van der Waals surface area contributed by atoms with Crippen molar-refractivity contribution in [3.8, 4) is 0 Å². The maximum atomic E-state index is 13.3. The minimum atomic E-state index is -3.86. The van der Waals surface area contributed by atoms with Gasteiger partial charge in [0.25, 0.3) is 0 Å². The van der Waals surface area contributed by atoms with Crippen LogP contribution >= 0.6 is 0 Å². The van der Waals surface area contributed by atoms with E-state index in [1.165, 1.54) is 6.21 Å². The van der Waals surface area contributed by atoms with E-state index < -0.39 is 27.4 Å². The molecule has 2 atom stereocenters. The van der Waals surface area contributed by atoms with E-state index in [1.807, 2.05) is 88.4 Å². The second kappa shape index (κ2) is 13.9. The van der Waals surface area contributed by atoms with Crippen LogP contribution in [0.25, 0.3) is 0 Å². The van der Waals surface area contributed by atoms with E-state index in [2.05, 4.69) is 9.12 Å². The van der Waals surface area contributed by atoms with E-state index in [9.17, 15) is 13.2 Å². The molecule has 0 spiro atoms. The molecule has 210 valence electrons. The summed E-state index contributed by atoms with van der Waals surface area (Å²) in [6.07, 6.45) is 1.23. The maximum absolute atomic E-state index is 13.3. The van der Waals surface area contributed by atoms with Crippen LogP contribution in [0.1, 0.15) is 66.0 Å². The SMILES string of the molecule is C[C@H]([C@@H](CC=NS(=O)(=O)NC(C)(C)C)COCc1ccccc1)N(Cc1ccccc1)C(=O)OC(C)(C)C. The molecule has 0 aliphatic heterocycles. The van der Waals surface area contributed by atoms with Crippen molar-refractivity contribution >= 4 is 22.5 Å². The number of amides is 1. The first kappa shape index (κ1) is 31.5. The van der Waals surface area contributed by atoms with Crippen LogP contribution in [-0.2, 0) is 32.8 Å². The van der Waals surface area contributed by atoms with Gasteiger partial charge in [0, 0.05) is 30.3 Å². The first-order chi connectivity index (χ1) is 17.7. The van der Waals surface area contributed by atoms with Crippen molar-refractivity contribution in [3.63, 3.8) is 0 Å². The minimum Gasteiger partial charge on any atom is -0.444 e. The monoisotopic (exact) mass is 545 g/mol. The highest BCUT2D eigenvalue weighted by Crippen LogP contribution is 2.22. The summed E-state index contributed by atoms with van der Waals surface area (Å²) in [7, 11) is -3.86. The maximum Gasteiger partial charge on any atom is 0.410 e. The van der Waals surface area contributed by atoms with E-state index in [0.717, 1.165) is 11.1 Å². The van der Waals surface area contributed by atoms with Gasteiger partial charge in [-0.05, 0) is 66.0 Å². The average Bonchev–Trinajstić information content (AvgIpc) is 2.79. The number of hydrogen-bond donors (Lipinski definition) is 1. The number of ether oxygens (including phenoxy) is 2. The zero-order valence-corrected chi connectivity index (χ0v) is 24.5. The lowest BCUT2D eigenvalue weighted by atomic mass is 9.97. The molecule has 0 saturated heterocycles. The molecule has 8 nitrogen and oxygen atoms in total. The molecule has 0 heterocycles. The molecule has 1 amide bonds. The first-order valence-corrected chi connectivity index (χ1v) is 14.3. The van der Waals surface area contributed by atoms with Gasteiger partial charge in [0.05, 0.1) is 13.2 Å². The van der Waals surface area contributed by atoms with E-state index in [1.54, 1.807) is 25.7 Å². The Morgan fingerprint density at radius 1 is 0.974 bits per heavy atom. The first-order valence-electron chi connectivity index (χ1n) is 12.9. The fraction of sp³-hybridized carbons (Fsp3) is 0.517. The lowest BCUT2D eigenvalue weighted by Gasteiger charge is -2.35. The third-order valence-corrected chi connectivity index (χ3v) is 6.79. The topological polar surface area (TPSA) is 97.3 Å². The van der Waals surface area contributed by atoms with Gasteiger partial charge in [0.15, 0.2) is 0 Å². The fourth-order valence-corrected chi connectivity index (χ4v) is 4.84. The van der Waals surface area contributed by atoms with E-state index >= 15 is 0 Å². The summed E-state index contributed by atoms with van der Waals surface area (Å²) in [5, 5.41) is 0. The second-order valence-electron chi connectivity index (χ2n) is 11.4. The standard InChI is InChI=1S/C29H43N3O5S/c1-23(32(27(33)37-29(5,6)7)20-24-14-10-8-11-15-24)26(22-36-21-25-16-12-9-13-17-25)18-19-30-38(34,35)31-28(2,3)4/h8-17,19,23,26,31H,18,20-22H2,1-7H3/t23-,26+/m1/s1. The number of hydrogen-bond acceptors (Lipinski definition) is 5. The molecule has 2 rings (SSSR count). The highest BCUT2D eigenvalue weighted by atomic mass is 32.2. The predicted molar refractivity (Wildman–Crippen MR) is 152 cm³/mol. The molecule has 0 unspecified atom stereocenters. The number of carbonyl (C=O) groups is 1. The van der Waals surface area contributed by atoms with Crippen LogP contribution in [0.2, 0.25) is 0 Å². The highest BCUT2D eigenvalue weighted by molar-refractivity contribution is 7.88. The third kappa shape index (κ3) is 12.2. The zero-order valence-electron chi connectivity index (χ0n) is 23.7. The lowest BCUT2D eigenvalue weighted by Crippen LogP contribution is -2.46. The molecule has 0 saturated carbocycles. The van der Waals surface area contributed by atoms with E-state index in [4.69, 9.17) is 9.47 Å². The van der Waals surface area contributed by atoms with Crippen molar-refractivity contribution in [2.24, 2.45) is 10.3 Å². The van der Waals surface area contributed by atoms with Gasteiger partial charge in [-0.25, -0.2) is 4.79 Å². The molecule has 0 aliphatic rings. The lowest BCUT2D eigenvalue weighted by molar-refractivity contribution is -0.000917. The molecule has 2 aromatic rings. The van der Waals surface area contributed by atoms with Gasteiger partial charge in [0.1, 0.15) is 5.60 Å². The van der Waals surface area contributed by atoms with Crippen molar-refractivity contribution in [1.82, 2.24) is 9.62 Å². The average molecular weight is 546 g/mol. The van der Waals surface area contributed by atoms with Gasteiger partial charge in [0.2, 0.25) is 0 Å². The number of nitrogens with zero attached hydrogens (tertiary/aromatic N) is 2. The molecule has 0 fully saturated rings. The molecule has 0 aromatic heterocycles. The number of benzene rings is 2. The van der Waals surface area contributed by atoms with Gasteiger partial charge < -0.3 is 14.4 Å². The molecule has 1 N–H and O–H groups in total. The molecule has 0 radical (unpaired) electrons. The van der Waals surface area contributed by atoms with Crippen LogP contribution < -0.4 is 4.72 Å².